The molecule has 0 spiro atoms. The predicted molar refractivity (Wildman–Crippen MR) is 108 cm³/mol. The molecule has 0 saturated heterocycles. The fourth-order valence-electron chi connectivity index (χ4n) is 3.37. The van der Waals surface area contributed by atoms with Crippen molar-refractivity contribution >= 4 is 0 Å². The fourth-order valence-corrected chi connectivity index (χ4v) is 3.37. The molecule has 1 unspecified atom stereocenters. The van der Waals surface area contributed by atoms with E-state index in [-0.39, 0.29) is 6.10 Å². The molecule has 0 saturated carbocycles. The molecule has 2 heteroatoms. The van der Waals surface area contributed by atoms with Crippen LogP contribution in [-0.2, 0) is 0 Å². The normalized spacial score (nSPS) is 13.4. The summed E-state index contributed by atoms with van der Waals surface area (Å²) in [4.78, 5) is 0. The van der Waals surface area contributed by atoms with Crippen molar-refractivity contribution in [3.05, 3.63) is 0 Å². The van der Waals surface area contributed by atoms with Crippen LogP contribution < -0.4 is 0 Å². The zero-order chi connectivity index (χ0) is 18.1. The molecule has 0 aromatic rings. The van der Waals surface area contributed by atoms with Crippen LogP contribution in [0.25, 0.3) is 0 Å². The van der Waals surface area contributed by atoms with Crippen molar-refractivity contribution in [3.63, 3.8) is 0 Å². The number of nitrogens with zero attached hydrogens (tertiary/aromatic N) is 1. The Morgan fingerprint density at radius 3 is 1.38 bits per heavy atom. The molecule has 0 aromatic carbocycles. The van der Waals surface area contributed by atoms with Gasteiger partial charge in [-0.15, -0.1) is 0 Å². The summed E-state index contributed by atoms with van der Waals surface area (Å²) in [5, 5.41) is 10.1. The molecule has 1 atom stereocenters. The smallest absolute Gasteiger partial charge is 0.105 e. The molecule has 146 valence electrons. The summed E-state index contributed by atoms with van der Waals surface area (Å²) >= 11 is 0. The maximum atomic E-state index is 10.1. The van der Waals surface area contributed by atoms with Crippen molar-refractivity contribution in [2.75, 3.05) is 27.2 Å². The molecule has 0 aliphatic rings. The number of quaternary nitrogens is 1. The monoisotopic (exact) mass is 342 g/mol. The van der Waals surface area contributed by atoms with Gasteiger partial charge in [0, 0.05) is 0 Å². The van der Waals surface area contributed by atoms with Gasteiger partial charge >= 0.3 is 0 Å². The van der Waals surface area contributed by atoms with Gasteiger partial charge in [0.25, 0.3) is 0 Å². The Balaban J connectivity index is 3.20. The fraction of sp³-hybridized carbons (Fsp3) is 1.00. The van der Waals surface area contributed by atoms with Crippen LogP contribution in [0, 0.1) is 0 Å². The minimum Gasteiger partial charge on any atom is -0.387 e. The van der Waals surface area contributed by atoms with Gasteiger partial charge in [-0.3, -0.25) is 0 Å². The van der Waals surface area contributed by atoms with Crippen LogP contribution in [0.5, 0.6) is 0 Å². The summed E-state index contributed by atoms with van der Waals surface area (Å²) < 4.78 is 0.930. The highest BCUT2D eigenvalue weighted by atomic mass is 16.3. The Bertz CT molecular complexity index is 252. The van der Waals surface area contributed by atoms with E-state index in [2.05, 4.69) is 27.9 Å². The minimum atomic E-state index is -0.114. The van der Waals surface area contributed by atoms with Crippen LogP contribution in [0.3, 0.4) is 0 Å². The average Bonchev–Trinajstić information content (AvgIpc) is 2.54. The molecule has 0 aromatic heterocycles. The van der Waals surface area contributed by atoms with Gasteiger partial charge in [-0.05, 0) is 13.3 Å². The predicted octanol–water partition coefficient (Wildman–Crippen LogP) is 6.32. The first kappa shape index (κ1) is 23.9. The summed E-state index contributed by atoms with van der Waals surface area (Å²) in [7, 11) is 4.41. The largest absolute Gasteiger partial charge is 0.387 e. The Morgan fingerprint density at radius 2 is 1.00 bits per heavy atom. The number of rotatable bonds is 18. The number of unbranched alkanes of at least 4 members (excludes halogenated alkanes) is 13. The molecule has 1 N–H and O–H groups in total. The summed E-state index contributed by atoms with van der Waals surface area (Å²) in [5.41, 5.74) is 0. The number of aliphatic hydroxyl groups is 1. The first-order valence-corrected chi connectivity index (χ1v) is 11.0. The van der Waals surface area contributed by atoms with Gasteiger partial charge in [-0.25, -0.2) is 0 Å². The van der Waals surface area contributed by atoms with Crippen molar-refractivity contribution in [2.24, 2.45) is 0 Å². The molecule has 0 bridgehead atoms. The summed E-state index contributed by atoms with van der Waals surface area (Å²) in [5.74, 6) is 0. The van der Waals surface area contributed by atoms with Crippen LogP contribution in [-0.4, -0.2) is 42.9 Å². The van der Waals surface area contributed by atoms with Gasteiger partial charge in [0.15, 0.2) is 0 Å². The second kappa shape index (κ2) is 16.4. The molecular weight excluding hydrogens is 294 g/mol. The first-order chi connectivity index (χ1) is 11.5. The quantitative estimate of drug-likeness (QED) is 0.228. The highest BCUT2D eigenvalue weighted by molar-refractivity contribution is 4.56. The topological polar surface area (TPSA) is 20.2 Å². The second-order valence-corrected chi connectivity index (χ2v) is 8.47. The highest BCUT2D eigenvalue weighted by Crippen LogP contribution is 2.14. The third-order valence-corrected chi connectivity index (χ3v) is 5.45. The first-order valence-electron chi connectivity index (χ1n) is 11.0. The Kier molecular flexibility index (Phi) is 16.3. The summed E-state index contributed by atoms with van der Waals surface area (Å²) in [6.45, 7) is 6.47. The van der Waals surface area contributed by atoms with Crippen LogP contribution >= 0.6 is 0 Å². The van der Waals surface area contributed by atoms with E-state index in [9.17, 15) is 5.11 Å². The van der Waals surface area contributed by atoms with Gasteiger partial charge in [-0.1, -0.05) is 96.8 Å². The molecule has 0 heterocycles. The molecule has 0 rings (SSSR count). The number of hydrogen-bond acceptors (Lipinski definition) is 1. The molecule has 0 radical (unpaired) electrons. The molecular formula is C22H48NO+. The van der Waals surface area contributed by atoms with Crippen molar-refractivity contribution in [3.8, 4) is 0 Å². The Hall–Kier alpha value is -0.0800. The summed E-state index contributed by atoms with van der Waals surface area (Å²) in [6, 6.07) is 0. The van der Waals surface area contributed by atoms with E-state index in [0.29, 0.717) is 0 Å². The van der Waals surface area contributed by atoms with Gasteiger partial charge in [-0.2, -0.15) is 0 Å². The Labute approximate surface area is 153 Å². The van der Waals surface area contributed by atoms with Gasteiger partial charge in [0.1, 0.15) is 12.6 Å². The molecule has 0 aliphatic heterocycles. The van der Waals surface area contributed by atoms with Gasteiger partial charge in [0.05, 0.1) is 20.6 Å². The molecule has 0 amide bonds. The van der Waals surface area contributed by atoms with E-state index in [0.717, 1.165) is 24.0 Å². The SMILES string of the molecule is CCCCCCCCCCCCCCCCC(O)C[N+](C)(C)CC. The van der Waals surface area contributed by atoms with Crippen molar-refractivity contribution in [1.29, 1.82) is 0 Å². The number of aliphatic hydroxyl groups excluding tert-OH is 1. The van der Waals surface area contributed by atoms with E-state index in [1.807, 2.05) is 0 Å². The lowest BCUT2D eigenvalue weighted by atomic mass is 10.0. The van der Waals surface area contributed by atoms with Crippen molar-refractivity contribution in [1.82, 2.24) is 0 Å². The maximum absolute atomic E-state index is 10.1. The van der Waals surface area contributed by atoms with Crippen molar-refractivity contribution in [2.45, 2.75) is 116 Å². The standard InChI is InChI=1S/C22H48NO/c1-5-7-8-9-10-11-12-13-14-15-16-17-18-19-20-22(24)21-23(3,4)6-2/h22,24H,5-21H2,1-4H3/q+1. The van der Waals surface area contributed by atoms with E-state index in [1.54, 1.807) is 0 Å². The zero-order valence-corrected chi connectivity index (χ0v) is 17.5. The van der Waals surface area contributed by atoms with Gasteiger partial charge in [0.2, 0.25) is 0 Å². The molecule has 24 heavy (non-hydrogen) atoms. The molecule has 0 aliphatic carbocycles. The van der Waals surface area contributed by atoms with E-state index >= 15 is 0 Å². The lowest BCUT2D eigenvalue weighted by Gasteiger charge is -2.30. The van der Waals surface area contributed by atoms with E-state index in [4.69, 9.17) is 0 Å². The third kappa shape index (κ3) is 16.8. The maximum Gasteiger partial charge on any atom is 0.105 e. The van der Waals surface area contributed by atoms with Crippen LogP contribution in [0.15, 0.2) is 0 Å². The number of hydrogen-bond donors (Lipinski definition) is 1. The zero-order valence-electron chi connectivity index (χ0n) is 17.5. The van der Waals surface area contributed by atoms with E-state index in [1.165, 1.54) is 89.9 Å². The van der Waals surface area contributed by atoms with Crippen LogP contribution in [0.2, 0.25) is 0 Å². The van der Waals surface area contributed by atoms with E-state index < -0.39 is 0 Å². The minimum absolute atomic E-state index is 0.114. The molecule has 2 nitrogen and oxygen atoms in total. The Morgan fingerprint density at radius 1 is 0.625 bits per heavy atom. The van der Waals surface area contributed by atoms with Crippen LogP contribution in [0.4, 0.5) is 0 Å². The van der Waals surface area contributed by atoms with Gasteiger partial charge < -0.3 is 9.59 Å². The number of likely N-dealkylation sites (N-methyl/N-ethyl adjacent to an activating group) is 1. The van der Waals surface area contributed by atoms with Crippen LogP contribution in [0.1, 0.15) is 110 Å². The van der Waals surface area contributed by atoms with Crippen molar-refractivity contribution < 1.29 is 9.59 Å². The second-order valence-electron chi connectivity index (χ2n) is 8.47. The molecule has 0 fully saturated rings. The third-order valence-electron chi connectivity index (χ3n) is 5.45. The average molecular weight is 343 g/mol. The lowest BCUT2D eigenvalue weighted by Crippen LogP contribution is -2.45. The lowest BCUT2D eigenvalue weighted by molar-refractivity contribution is -0.891. The summed E-state index contributed by atoms with van der Waals surface area (Å²) in [6.07, 6.45) is 20.4. The highest BCUT2D eigenvalue weighted by Gasteiger charge is 2.17.